The smallest absolute Gasteiger partial charge is 0.136 e. The maximum atomic E-state index is 12.1. The summed E-state index contributed by atoms with van der Waals surface area (Å²) in [5.41, 5.74) is 0. The summed E-state index contributed by atoms with van der Waals surface area (Å²) in [5, 5.41) is 0. The first-order valence-corrected chi connectivity index (χ1v) is 7.22. The number of ketones is 1. The van der Waals surface area contributed by atoms with Gasteiger partial charge in [0.1, 0.15) is 5.78 Å². The van der Waals surface area contributed by atoms with E-state index in [2.05, 4.69) is 6.92 Å². The third-order valence-electron chi connectivity index (χ3n) is 4.80. The van der Waals surface area contributed by atoms with Crippen molar-refractivity contribution in [3.8, 4) is 0 Å². The molecule has 0 heterocycles. The fourth-order valence-corrected chi connectivity index (χ4v) is 3.71. The lowest BCUT2D eigenvalue weighted by Crippen LogP contribution is -2.32. The lowest BCUT2D eigenvalue weighted by Gasteiger charge is -2.36. The van der Waals surface area contributed by atoms with Crippen molar-refractivity contribution >= 4 is 5.78 Å². The topological polar surface area (TPSA) is 26.3 Å². The Kier molecular flexibility index (Phi) is 4.61. The molecule has 0 aromatic heterocycles. The molecule has 0 aromatic rings. The first-order valence-electron chi connectivity index (χ1n) is 7.22. The predicted molar refractivity (Wildman–Crippen MR) is 68.8 cm³/mol. The van der Waals surface area contributed by atoms with E-state index in [0.29, 0.717) is 23.5 Å². The minimum Gasteiger partial charge on any atom is -0.384 e. The number of Topliss-reactive ketones (excluding diaryl/α,β-unsaturated/α-hetero) is 1. The lowest BCUT2D eigenvalue weighted by molar-refractivity contribution is -0.128. The van der Waals surface area contributed by atoms with Gasteiger partial charge in [-0.2, -0.15) is 0 Å². The summed E-state index contributed by atoms with van der Waals surface area (Å²) in [6, 6.07) is 0. The van der Waals surface area contributed by atoms with E-state index < -0.39 is 0 Å². The van der Waals surface area contributed by atoms with Gasteiger partial charge in [0.05, 0.1) is 0 Å². The zero-order chi connectivity index (χ0) is 12.3. The van der Waals surface area contributed by atoms with Crippen molar-refractivity contribution in [3.63, 3.8) is 0 Å². The maximum absolute atomic E-state index is 12.1. The van der Waals surface area contributed by atoms with Crippen LogP contribution < -0.4 is 0 Å². The molecular formula is C15H26O2. The Labute approximate surface area is 105 Å². The van der Waals surface area contributed by atoms with E-state index in [-0.39, 0.29) is 0 Å². The molecule has 0 saturated heterocycles. The summed E-state index contributed by atoms with van der Waals surface area (Å²) >= 11 is 0. The molecule has 0 amide bonds. The molecule has 2 saturated carbocycles. The number of rotatable bonds is 3. The highest BCUT2D eigenvalue weighted by Gasteiger charge is 2.34. The summed E-state index contributed by atoms with van der Waals surface area (Å²) in [5.74, 6) is 3.01. The van der Waals surface area contributed by atoms with Gasteiger partial charge in [0.2, 0.25) is 0 Å². The third kappa shape index (κ3) is 3.31. The molecular weight excluding hydrogens is 212 g/mol. The fourth-order valence-electron chi connectivity index (χ4n) is 3.71. The molecule has 2 aliphatic carbocycles. The zero-order valence-electron chi connectivity index (χ0n) is 11.3. The Hall–Kier alpha value is -0.370. The second-order valence-electron chi connectivity index (χ2n) is 6.20. The van der Waals surface area contributed by atoms with Gasteiger partial charge in [-0.3, -0.25) is 4.79 Å². The molecule has 98 valence electrons. The summed E-state index contributed by atoms with van der Waals surface area (Å²) in [6.45, 7) is 3.12. The van der Waals surface area contributed by atoms with E-state index in [0.717, 1.165) is 25.4 Å². The van der Waals surface area contributed by atoms with Crippen molar-refractivity contribution in [2.45, 2.75) is 51.9 Å². The van der Waals surface area contributed by atoms with Crippen LogP contribution in [0.1, 0.15) is 51.9 Å². The van der Waals surface area contributed by atoms with Crippen molar-refractivity contribution < 1.29 is 9.53 Å². The highest BCUT2D eigenvalue weighted by Crippen LogP contribution is 2.39. The van der Waals surface area contributed by atoms with Gasteiger partial charge in [0.15, 0.2) is 0 Å². The number of carbonyl (C=O) groups excluding carboxylic acids is 1. The molecule has 2 rings (SSSR count). The van der Waals surface area contributed by atoms with Crippen molar-refractivity contribution in [2.75, 3.05) is 13.7 Å². The first kappa shape index (κ1) is 13.1. The quantitative estimate of drug-likeness (QED) is 0.753. The molecule has 2 aliphatic rings. The van der Waals surface area contributed by atoms with Crippen LogP contribution in [0.4, 0.5) is 0 Å². The highest BCUT2D eigenvalue weighted by atomic mass is 16.5. The maximum Gasteiger partial charge on any atom is 0.136 e. The molecule has 0 N–H and O–H groups in total. The van der Waals surface area contributed by atoms with Crippen molar-refractivity contribution in [3.05, 3.63) is 0 Å². The van der Waals surface area contributed by atoms with E-state index in [4.69, 9.17) is 4.74 Å². The van der Waals surface area contributed by atoms with Gasteiger partial charge < -0.3 is 4.74 Å². The highest BCUT2D eigenvalue weighted by molar-refractivity contribution is 5.82. The van der Waals surface area contributed by atoms with Crippen LogP contribution in [0.25, 0.3) is 0 Å². The molecule has 2 nitrogen and oxygen atoms in total. The van der Waals surface area contributed by atoms with Crippen molar-refractivity contribution in [1.82, 2.24) is 0 Å². The molecule has 2 unspecified atom stereocenters. The molecule has 2 heteroatoms. The van der Waals surface area contributed by atoms with Gasteiger partial charge in [-0.1, -0.05) is 6.92 Å². The Morgan fingerprint density at radius 3 is 2.41 bits per heavy atom. The molecule has 2 atom stereocenters. The average Bonchev–Trinajstić information content (AvgIpc) is 2.31. The van der Waals surface area contributed by atoms with Crippen LogP contribution in [0.5, 0.6) is 0 Å². The number of methoxy groups -OCH3 is 1. The molecule has 2 fully saturated rings. The number of hydrogen-bond acceptors (Lipinski definition) is 2. The van der Waals surface area contributed by atoms with Gasteiger partial charge in [-0.15, -0.1) is 0 Å². The second kappa shape index (κ2) is 5.99. The van der Waals surface area contributed by atoms with Gasteiger partial charge in [-0.05, 0) is 56.3 Å². The normalized spacial score (nSPS) is 39.3. The van der Waals surface area contributed by atoms with Crippen molar-refractivity contribution in [2.24, 2.45) is 23.7 Å². The second-order valence-corrected chi connectivity index (χ2v) is 6.20. The van der Waals surface area contributed by atoms with E-state index >= 15 is 0 Å². The summed E-state index contributed by atoms with van der Waals surface area (Å²) in [4.78, 5) is 12.1. The van der Waals surface area contributed by atoms with Crippen LogP contribution in [0.15, 0.2) is 0 Å². The Balaban J connectivity index is 1.82. The molecule has 17 heavy (non-hydrogen) atoms. The monoisotopic (exact) mass is 238 g/mol. The van der Waals surface area contributed by atoms with E-state index in [1.807, 2.05) is 0 Å². The Morgan fingerprint density at radius 1 is 1.12 bits per heavy atom. The molecule has 0 radical (unpaired) electrons. The van der Waals surface area contributed by atoms with Crippen LogP contribution in [-0.4, -0.2) is 19.5 Å². The van der Waals surface area contributed by atoms with Crippen LogP contribution in [0, 0.1) is 23.7 Å². The SMILES string of the molecule is COCC1CCC(C2CCC(C)CC2=O)CC1. The Bertz CT molecular complexity index is 254. The van der Waals surface area contributed by atoms with E-state index in [9.17, 15) is 4.79 Å². The van der Waals surface area contributed by atoms with Gasteiger partial charge in [-0.25, -0.2) is 0 Å². The summed E-state index contributed by atoms with van der Waals surface area (Å²) < 4.78 is 5.23. The molecule has 0 bridgehead atoms. The lowest BCUT2D eigenvalue weighted by atomic mass is 9.69. The van der Waals surface area contributed by atoms with Gasteiger partial charge in [0.25, 0.3) is 0 Å². The summed E-state index contributed by atoms with van der Waals surface area (Å²) in [7, 11) is 1.79. The summed E-state index contributed by atoms with van der Waals surface area (Å²) in [6.07, 6.45) is 8.27. The molecule has 0 spiro atoms. The number of carbonyl (C=O) groups is 1. The molecule has 0 aliphatic heterocycles. The number of hydrogen-bond donors (Lipinski definition) is 0. The predicted octanol–water partition coefficient (Wildman–Crippen LogP) is 3.44. The van der Waals surface area contributed by atoms with Crippen LogP contribution in [0.3, 0.4) is 0 Å². The minimum atomic E-state index is 0.398. The van der Waals surface area contributed by atoms with Gasteiger partial charge >= 0.3 is 0 Å². The average molecular weight is 238 g/mol. The number of ether oxygens (including phenoxy) is 1. The van der Waals surface area contributed by atoms with Gasteiger partial charge in [0, 0.05) is 26.1 Å². The van der Waals surface area contributed by atoms with Crippen molar-refractivity contribution in [1.29, 1.82) is 0 Å². The fraction of sp³-hybridized carbons (Fsp3) is 0.933. The Morgan fingerprint density at radius 2 is 1.82 bits per heavy atom. The first-order chi connectivity index (χ1) is 8.20. The third-order valence-corrected chi connectivity index (χ3v) is 4.80. The largest absolute Gasteiger partial charge is 0.384 e. The van der Waals surface area contributed by atoms with E-state index in [1.54, 1.807) is 7.11 Å². The van der Waals surface area contributed by atoms with Crippen LogP contribution in [0.2, 0.25) is 0 Å². The minimum absolute atomic E-state index is 0.398. The van der Waals surface area contributed by atoms with E-state index in [1.165, 1.54) is 32.1 Å². The van der Waals surface area contributed by atoms with Crippen LogP contribution in [-0.2, 0) is 9.53 Å². The standard InChI is InChI=1S/C15H26O2/c1-11-3-8-14(15(16)9-11)13-6-4-12(5-7-13)10-17-2/h11-14H,3-10H2,1-2H3. The zero-order valence-corrected chi connectivity index (χ0v) is 11.3. The molecule has 0 aromatic carbocycles. The van der Waals surface area contributed by atoms with Crippen LogP contribution >= 0.6 is 0 Å².